The van der Waals surface area contributed by atoms with Gasteiger partial charge in [-0.3, -0.25) is 0 Å². The third-order valence-corrected chi connectivity index (χ3v) is 2.33. The van der Waals surface area contributed by atoms with Crippen molar-refractivity contribution >= 4 is 12.4 Å². The number of hydrogen-bond donors (Lipinski definition) is 1. The Morgan fingerprint density at radius 1 is 1.06 bits per heavy atom. The second kappa shape index (κ2) is 5.06. The van der Waals surface area contributed by atoms with Crippen LogP contribution in [0.4, 0.5) is 13.2 Å². The zero-order chi connectivity index (χ0) is 11.8. The lowest BCUT2D eigenvalue weighted by molar-refractivity contribution is 0.313. The minimum atomic E-state index is -1.47. The summed E-state index contributed by atoms with van der Waals surface area (Å²) >= 11 is 0. The molecule has 0 saturated heterocycles. The van der Waals surface area contributed by atoms with E-state index in [2.05, 4.69) is 0 Å². The standard InChI is InChI=1S/C11H14F3N.ClH/c1-11(2,3)10(15)6-4-5-7(12)9(14)8(6)13;/h4-5,10H,15H2,1-3H3;1H/t10-;/m0./s1. The third kappa shape index (κ3) is 2.89. The normalized spacial score (nSPS) is 13.2. The van der Waals surface area contributed by atoms with Crippen LogP contribution in [0.15, 0.2) is 12.1 Å². The molecule has 2 N–H and O–H groups in total. The van der Waals surface area contributed by atoms with Gasteiger partial charge < -0.3 is 5.73 Å². The molecule has 0 amide bonds. The number of rotatable bonds is 1. The predicted octanol–water partition coefficient (Wildman–Crippen LogP) is 3.57. The highest BCUT2D eigenvalue weighted by molar-refractivity contribution is 5.85. The van der Waals surface area contributed by atoms with Gasteiger partial charge in [-0.2, -0.15) is 0 Å². The van der Waals surface area contributed by atoms with E-state index in [9.17, 15) is 13.2 Å². The maximum Gasteiger partial charge on any atom is 0.194 e. The van der Waals surface area contributed by atoms with Crippen molar-refractivity contribution in [1.29, 1.82) is 0 Å². The van der Waals surface area contributed by atoms with Crippen LogP contribution in [0.3, 0.4) is 0 Å². The van der Waals surface area contributed by atoms with Crippen molar-refractivity contribution in [3.05, 3.63) is 35.1 Å². The molecule has 0 aliphatic rings. The van der Waals surface area contributed by atoms with Gasteiger partial charge in [0, 0.05) is 11.6 Å². The molecule has 0 fully saturated rings. The van der Waals surface area contributed by atoms with Crippen molar-refractivity contribution in [2.45, 2.75) is 26.8 Å². The first kappa shape index (κ1) is 15.3. The van der Waals surface area contributed by atoms with Gasteiger partial charge in [0.25, 0.3) is 0 Å². The van der Waals surface area contributed by atoms with E-state index in [1.165, 1.54) is 6.07 Å². The number of nitrogens with two attached hydrogens (primary N) is 1. The van der Waals surface area contributed by atoms with Gasteiger partial charge in [0.15, 0.2) is 17.5 Å². The molecule has 1 aromatic carbocycles. The highest BCUT2D eigenvalue weighted by Crippen LogP contribution is 2.32. The molecule has 1 atom stereocenters. The lowest BCUT2D eigenvalue weighted by atomic mass is 9.83. The van der Waals surface area contributed by atoms with E-state index in [1.54, 1.807) is 20.8 Å². The van der Waals surface area contributed by atoms with Crippen molar-refractivity contribution in [1.82, 2.24) is 0 Å². The minimum Gasteiger partial charge on any atom is -0.323 e. The highest BCUT2D eigenvalue weighted by atomic mass is 35.5. The fourth-order valence-corrected chi connectivity index (χ4v) is 1.25. The first-order valence-corrected chi connectivity index (χ1v) is 4.64. The van der Waals surface area contributed by atoms with Gasteiger partial charge in [0.1, 0.15) is 0 Å². The van der Waals surface area contributed by atoms with E-state index in [0.717, 1.165) is 6.07 Å². The lowest BCUT2D eigenvalue weighted by Crippen LogP contribution is -2.27. The lowest BCUT2D eigenvalue weighted by Gasteiger charge is -2.27. The second-order valence-electron chi connectivity index (χ2n) is 4.61. The maximum absolute atomic E-state index is 13.3. The van der Waals surface area contributed by atoms with Crippen molar-refractivity contribution < 1.29 is 13.2 Å². The van der Waals surface area contributed by atoms with Gasteiger partial charge in [0.2, 0.25) is 0 Å². The summed E-state index contributed by atoms with van der Waals surface area (Å²) in [7, 11) is 0. The topological polar surface area (TPSA) is 26.0 Å². The van der Waals surface area contributed by atoms with E-state index in [-0.39, 0.29) is 18.0 Å². The molecule has 1 aromatic rings. The average Bonchev–Trinajstić information content (AvgIpc) is 2.12. The molecular formula is C11H15ClF3N. The molecule has 1 nitrogen and oxygen atoms in total. The first-order chi connectivity index (χ1) is 6.75. The Morgan fingerprint density at radius 3 is 2.00 bits per heavy atom. The summed E-state index contributed by atoms with van der Waals surface area (Å²) in [5, 5.41) is 0. The summed E-state index contributed by atoms with van der Waals surface area (Å²) in [5.41, 5.74) is 5.35. The second-order valence-corrected chi connectivity index (χ2v) is 4.61. The van der Waals surface area contributed by atoms with Crippen LogP contribution in [0, 0.1) is 22.9 Å². The molecule has 0 aliphatic carbocycles. The Morgan fingerprint density at radius 2 is 1.56 bits per heavy atom. The molecule has 1 rings (SSSR count). The summed E-state index contributed by atoms with van der Waals surface area (Å²) in [6.45, 7) is 5.41. The minimum absolute atomic E-state index is 0. The van der Waals surface area contributed by atoms with Crippen LogP contribution < -0.4 is 5.73 Å². The fraction of sp³-hybridized carbons (Fsp3) is 0.455. The van der Waals surface area contributed by atoms with E-state index in [1.807, 2.05) is 0 Å². The van der Waals surface area contributed by atoms with Gasteiger partial charge in [-0.15, -0.1) is 12.4 Å². The Bertz CT molecular complexity index is 374. The first-order valence-electron chi connectivity index (χ1n) is 4.64. The zero-order valence-electron chi connectivity index (χ0n) is 9.35. The number of benzene rings is 1. The molecule has 5 heteroatoms. The Kier molecular flexibility index (Phi) is 4.83. The van der Waals surface area contributed by atoms with E-state index in [0.29, 0.717) is 0 Å². The molecule has 16 heavy (non-hydrogen) atoms. The molecule has 0 aliphatic heterocycles. The quantitative estimate of drug-likeness (QED) is 0.761. The monoisotopic (exact) mass is 253 g/mol. The van der Waals surface area contributed by atoms with E-state index in [4.69, 9.17) is 5.73 Å². The van der Waals surface area contributed by atoms with Crippen LogP contribution >= 0.6 is 12.4 Å². The average molecular weight is 254 g/mol. The molecule has 0 unspecified atom stereocenters. The molecule has 0 aromatic heterocycles. The van der Waals surface area contributed by atoms with Gasteiger partial charge in [-0.1, -0.05) is 26.8 Å². The van der Waals surface area contributed by atoms with Crippen LogP contribution in [0.5, 0.6) is 0 Å². The molecule has 0 heterocycles. The molecular weight excluding hydrogens is 239 g/mol. The molecule has 0 radical (unpaired) electrons. The van der Waals surface area contributed by atoms with E-state index < -0.39 is 28.9 Å². The van der Waals surface area contributed by atoms with Gasteiger partial charge in [-0.05, 0) is 11.5 Å². The summed E-state index contributed by atoms with van der Waals surface area (Å²) in [5.74, 6) is -3.86. The third-order valence-electron chi connectivity index (χ3n) is 2.33. The smallest absolute Gasteiger partial charge is 0.194 e. The SMILES string of the molecule is CC(C)(C)[C@@H](N)c1ccc(F)c(F)c1F.Cl. The Balaban J connectivity index is 0.00000225. The van der Waals surface area contributed by atoms with Crippen molar-refractivity contribution in [3.8, 4) is 0 Å². The van der Waals surface area contributed by atoms with Gasteiger partial charge in [-0.25, -0.2) is 13.2 Å². The van der Waals surface area contributed by atoms with Gasteiger partial charge >= 0.3 is 0 Å². The molecule has 0 saturated carbocycles. The van der Waals surface area contributed by atoms with Crippen LogP contribution in [-0.4, -0.2) is 0 Å². The van der Waals surface area contributed by atoms with Crippen molar-refractivity contribution in [2.24, 2.45) is 11.1 Å². The number of halogens is 4. The van der Waals surface area contributed by atoms with Crippen LogP contribution in [0.1, 0.15) is 32.4 Å². The summed E-state index contributed by atoms with van der Waals surface area (Å²) < 4.78 is 38.9. The van der Waals surface area contributed by atoms with Crippen LogP contribution in [-0.2, 0) is 0 Å². The summed E-state index contributed by atoms with van der Waals surface area (Å²) in [6.07, 6.45) is 0. The van der Waals surface area contributed by atoms with Gasteiger partial charge in [0.05, 0.1) is 0 Å². The van der Waals surface area contributed by atoms with Crippen molar-refractivity contribution in [2.75, 3.05) is 0 Å². The molecule has 92 valence electrons. The van der Waals surface area contributed by atoms with Crippen LogP contribution in [0.25, 0.3) is 0 Å². The van der Waals surface area contributed by atoms with Crippen molar-refractivity contribution in [3.63, 3.8) is 0 Å². The zero-order valence-corrected chi connectivity index (χ0v) is 10.2. The molecule has 0 spiro atoms. The van der Waals surface area contributed by atoms with Crippen LogP contribution in [0.2, 0.25) is 0 Å². The number of hydrogen-bond acceptors (Lipinski definition) is 1. The predicted molar refractivity (Wildman–Crippen MR) is 59.9 cm³/mol. The fourth-order valence-electron chi connectivity index (χ4n) is 1.25. The Labute approximate surface area is 99.2 Å². The summed E-state index contributed by atoms with van der Waals surface area (Å²) in [4.78, 5) is 0. The summed E-state index contributed by atoms with van der Waals surface area (Å²) in [6, 6.07) is 1.40. The largest absolute Gasteiger partial charge is 0.323 e. The maximum atomic E-state index is 13.3. The van der Waals surface area contributed by atoms with E-state index >= 15 is 0 Å². The Hall–Kier alpha value is -0.740. The molecule has 0 bridgehead atoms. The highest BCUT2D eigenvalue weighted by Gasteiger charge is 2.27.